The molecular formula is C14H24N4O2. The van der Waals surface area contributed by atoms with Gasteiger partial charge in [0.1, 0.15) is 5.54 Å². The fourth-order valence-electron chi connectivity index (χ4n) is 3.64. The van der Waals surface area contributed by atoms with E-state index in [0.717, 1.165) is 38.8 Å². The van der Waals surface area contributed by atoms with E-state index < -0.39 is 0 Å². The Kier molecular flexibility index (Phi) is 3.58. The van der Waals surface area contributed by atoms with E-state index >= 15 is 0 Å². The summed E-state index contributed by atoms with van der Waals surface area (Å²) in [6.45, 7) is 3.78. The van der Waals surface area contributed by atoms with Crippen LogP contribution in [0.1, 0.15) is 32.1 Å². The third kappa shape index (κ3) is 2.16. The molecule has 0 saturated carbocycles. The minimum Gasteiger partial charge on any atom is -0.342 e. The fraction of sp³-hybridized carbons (Fsp3) is 0.857. The minimum absolute atomic E-state index is 0.130. The molecule has 1 spiro atoms. The molecule has 6 heteroatoms. The van der Waals surface area contributed by atoms with Crippen LogP contribution in [0.5, 0.6) is 0 Å². The molecule has 0 bridgehead atoms. The van der Waals surface area contributed by atoms with Crippen LogP contribution in [0.4, 0.5) is 4.79 Å². The summed E-state index contributed by atoms with van der Waals surface area (Å²) >= 11 is 0. The Morgan fingerprint density at radius 3 is 2.20 bits per heavy atom. The molecule has 1 N–H and O–H groups in total. The predicted octanol–water partition coefficient (Wildman–Crippen LogP) is 0.446. The maximum Gasteiger partial charge on any atom is 0.319 e. The van der Waals surface area contributed by atoms with Crippen molar-refractivity contribution in [3.05, 3.63) is 0 Å². The molecule has 3 aliphatic heterocycles. The lowest BCUT2D eigenvalue weighted by Crippen LogP contribution is -2.57. The van der Waals surface area contributed by atoms with Gasteiger partial charge in [0, 0.05) is 26.2 Å². The van der Waals surface area contributed by atoms with Gasteiger partial charge in [0.05, 0.1) is 6.67 Å². The van der Waals surface area contributed by atoms with Crippen LogP contribution in [0.25, 0.3) is 0 Å². The number of likely N-dealkylation sites (tertiary alicyclic amines) is 2. The normalized spacial score (nSPS) is 26.9. The number of carbonyl (C=O) groups is 2. The second-order valence-corrected chi connectivity index (χ2v) is 6.21. The molecule has 0 radical (unpaired) electrons. The van der Waals surface area contributed by atoms with E-state index in [4.69, 9.17) is 0 Å². The SMILES string of the molecule is CN1CNC(=O)C12CCN(C(=O)N1CCCCC1)CC2. The smallest absolute Gasteiger partial charge is 0.319 e. The zero-order valence-corrected chi connectivity index (χ0v) is 12.2. The van der Waals surface area contributed by atoms with Crippen LogP contribution >= 0.6 is 0 Å². The second kappa shape index (κ2) is 5.24. The number of likely N-dealkylation sites (N-methyl/N-ethyl adjacent to an activating group) is 1. The highest BCUT2D eigenvalue weighted by atomic mass is 16.2. The van der Waals surface area contributed by atoms with Crippen LogP contribution < -0.4 is 5.32 Å². The molecule has 6 nitrogen and oxygen atoms in total. The molecule has 3 fully saturated rings. The summed E-state index contributed by atoms with van der Waals surface area (Å²) in [4.78, 5) is 30.5. The molecule has 3 heterocycles. The van der Waals surface area contributed by atoms with Gasteiger partial charge in [-0.1, -0.05) is 0 Å². The molecular weight excluding hydrogens is 256 g/mol. The van der Waals surface area contributed by atoms with Crippen LogP contribution in [0, 0.1) is 0 Å². The molecule has 0 aromatic rings. The molecule has 3 aliphatic rings. The summed E-state index contributed by atoms with van der Waals surface area (Å²) in [6.07, 6.45) is 4.96. The molecule has 0 aliphatic carbocycles. The summed E-state index contributed by atoms with van der Waals surface area (Å²) in [6, 6.07) is 0.167. The van der Waals surface area contributed by atoms with Crippen molar-refractivity contribution in [3.8, 4) is 0 Å². The fourth-order valence-corrected chi connectivity index (χ4v) is 3.64. The van der Waals surface area contributed by atoms with E-state index in [1.807, 2.05) is 16.8 Å². The Morgan fingerprint density at radius 1 is 1.05 bits per heavy atom. The average Bonchev–Trinajstić information content (AvgIpc) is 2.77. The molecule has 0 unspecified atom stereocenters. The first kappa shape index (κ1) is 13.7. The number of urea groups is 1. The van der Waals surface area contributed by atoms with Crippen molar-refractivity contribution >= 4 is 11.9 Å². The average molecular weight is 280 g/mol. The Hall–Kier alpha value is -1.30. The molecule has 112 valence electrons. The van der Waals surface area contributed by atoms with Crippen LogP contribution in [0.2, 0.25) is 0 Å². The summed E-state index contributed by atoms with van der Waals surface area (Å²) in [5.74, 6) is 0.130. The Balaban J connectivity index is 1.60. The van der Waals surface area contributed by atoms with Crippen molar-refractivity contribution in [1.29, 1.82) is 0 Å². The largest absolute Gasteiger partial charge is 0.342 e. The van der Waals surface area contributed by atoms with Crippen LogP contribution in [-0.4, -0.2) is 72.1 Å². The summed E-state index contributed by atoms with van der Waals surface area (Å²) in [5.41, 5.74) is -0.376. The summed E-state index contributed by atoms with van der Waals surface area (Å²) < 4.78 is 0. The summed E-state index contributed by atoms with van der Waals surface area (Å²) in [5, 5.41) is 2.91. The van der Waals surface area contributed by atoms with Gasteiger partial charge >= 0.3 is 6.03 Å². The Labute approximate surface area is 120 Å². The van der Waals surface area contributed by atoms with Gasteiger partial charge in [-0.25, -0.2) is 4.79 Å². The van der Waals surface area contributed by atoms with Crippen LogP contribution in [-0.2, 0) is 4.79 Å². The zero-order chi connectivity index (χ0) is 14.2. The molecule has 0 aromatic heterocycles. The van der Waals surface area contributed by atoms with E-state index in [2.05, 4.69) is 10.2 Å². The van der Waals surface area contributed by atoms with Crippen molar-refractivity contribution < 1.29 is 9.59 Å². The highest BCUT2D eigenvalue weighted by Crippen LogP contribution is 2.31. The van der Waals surface area contributed by atoms with Gasteiger partial charge in [-0.05, 0) is 39.2 Å². The number of piperidine rings is 2. The lowest BCUT2D eigenvalue weighted by Gasteiger charge is -2.42. The topological polar surface area (TPSA) is 55.9 Å². The number of nitrogens with one attached hydrogen (secondary N) is 1. The Morgan fingerprint density at radius 2 is 1.65 bits per heavy atom. The van der Waals surface area contributed by atoms with Crippen LogP contribution in [0.15, 0.2) is 0 Å². The van der Waals surface area contributed by atoms with Gasteiger partial charge in [-0.15, -0.1) is 0 Å². The van der Waals surface area contributed by atoms with Gasteiger partial charge in [0.2, 0.25) is 5.91 Å². The van der Waals surface area contributed by atoms with Gasteiger partial charge in [-0.3, -0.25) is 9.69 Å². The lowest BCUT2D eigenvalue weighted by atomic mass is 9.86. The molecule has 3 rings (SSSR count). The van der Waals surface area contributed by atoms with Gasteiger partial charge in [0.25, 0.3) is 0 Å². The number of amides is 3. The van der Waals surface area contributed by atoms with E-state index in [1.165, 1.54) is 6.42 Å². The maximum absolute atomic E-state index is 12.5. The quantitative estimate of drug-likeness (QED) is 0.701. The standard InChI is InChI=1S/C14H24N4O2/c1-16-11-15-12(19)14(16)5-9-18(10-6-14)13(20)17-7-3-2-4-8-17/h2-11H2,1H3,(H,15,19). The molecule has 0 aromatic carbocycles. The summed E-state index contributed by atoms with van der Waals surface area (Å²) in [7, 11) is 1.99. The predicted molar refractivity (Wildman–Crippen MR) is 75.1 cm³/mol. The van der Waals surface area contributed by atoms with Crippen molar-refractivity contribution in [1.82, 2.24) is 20.0 Å². The van der Waals surface area contributed by atoms with E-state index in [1.54, 1.807) is 0 Å². The number of rotatable bonds is 0. The first-order valence-electron chi connectivity index (χ1n) is 7.67. The van der Waals surface area contributed by atoms with Gasteiger partial charge < -0.3 is 15.1 Å². The minimum atomic E-state index is -0.376. The van der Waals surface area contributed by atoms with Crippen molar-refractivity contribution in [2.75, 3.05) is 39.9 Å². The van der Waals surface area contributed by atoms with Gasteiger partial charge in [0.15, 0.2) is 0 Å². The van der Waals surface area contributed by atoms with E-state index in [-0.39, 0.29) is 17.5 Å². The number of hydrogen-bond donors (Lipinski definition) is 1. The number of hydrogen-bond acceptors (Lipinski definition) is 3. The highest BCUT2D eigenvalue weighted by Gasteiger charge is 2.49. The second-order valence-electron chi connectivity index (χ2n) is 6.21. The number of nitrogens with zero attached hydrogens (tertiary/aromatic N) is 3. The molecule has 3 amide bonds. The van der Waals surface area contributed by atoms with E-state index in [0.29, 0.717) is 19.8 Å². The third-order valence-corrected chi connectivity index (χ3v) is 5.12. The maximum atomic E-state index is 12.5. The first-order valence-corrected chi connectivity index (χ1v) is 7.67. The Bertz CT molecular complexity index is 398. The first-order chi connectivity index (χ1) is 9.63. The van der Waals surface area contributed by atoms with E-state index in [9.17, 15) is 9.59 Å². The van der Waals surface area contributed by atoms with Gasteiger partial charge in [-0.2, -0.15) is 0 Å². The highest BCUT2D eigenvalue weighted by molar-refractivity contribution is 5.88. The third-order valence-electron chi connectivity index (χ3n) is 5.12. The van der Waals surface area contributed by atoms with Crippen molar-refractivity contribution in [2.24, 2.45) is 0 Å². The number of carbonyl (C=O) groups excluding carboxylic acids is 2. The monoisotopic (exact) mass is 280 g/mol. The molecule has 20 heavy (non-hydrogen) atoms. The lowest BCUT2D eigenvalue weighted by molar-refractivity contribution is -0.128. The molecule has 3 saturated heterocycles. The van der Waals surface area contributed by atoms with Crippen LogP contribution in [0.3, 0.4) is 0 Å². The van der Waals surface area contributed by atoms with Crippen molar-refractivity contribution in [2.45, 2.75) is 37.6 Å². The molecule has 0 atom stereocenters. The zero-order valence-electron chi connectivity index (χ0n) is 12.2. The van der Waals surface area contributed by atoms with Crippen molar-refractivity contribution in [3.63, 3.8) is 0 Å².